The van der Waals surface area contributed by atoms with Crippen LogP contribution in [0.2, 0.25) is 0 Å². The molecule has 0 bridgehead atoms. The maximum atomic E-state index is 12.1. The molecule has 2 atom stereocenters. The van der Waals surface area contributed by atoms with E-state index in [9.17, 15) is 9.59 Å². The van der Waals surface area contributed by atoms with Crippen molar-refractivity contribution in [1.29, 1.82) is 0 Å². The second kappa shape index (κ2) is 10.6. The molecule has 0 N–H and O–H groups in total. The van der Waals surface area contributed by atoms with Gasteiger partial charge in [0.15, 0.2) is 0 Å². The molecule has 0 spiro atoms. The maximum absolute atomic E-state index is 12.1. The molecular weight excluding hydrogens is 280 g/mol. The molecule has 0 saturated carbocycles. The smallest absolute Gasteiger partial charge is 0.309 e. The summed E-state index contributed by atoms with van der Waals surface area (Å²) < 4.78 is 11.0. The highest BCUT2D eigenvalue weighted by atomic mass is 16.6. The minimum atomic E-state index is -0.764. The van der Waals surface area contributed by atoms with E-state index < -0.39 is 5.60 Å². The van der Waals surface area contributed by atoms with Gasteiger partial charge in [-0.3, -0.25) is 9.59 Å². The van der Waals surface area contributed by atoms with Crippen molar-refractivity contribution in [3.8, 4) is 0 Å². The molecule has 22 heavy (non-hydrogen) atoms. The summed E-state index contributed by atoms with van der Waals surface area (Å²) in [6, 6.07) is 0. The van der Waals surface area contributed by atoms with E-state index in [1.165, 1.54) is 0 Å². The number of ether oxygens (including phenoxy) is 2. The predicted molar refractivity (Wildman–Crippen MR) is 88.5 cm³/mol. The highest BCUT2D eigenvalue weighted by molar-refractivity contribution is 5.72. The van der Waals surface area contributed by atoms with Crippen LogP contribution in [0.3, 0.4) is 0 Å². The second-order valence-electron chi connectivity index (χ2n) is 6.70. The van der Waals surface area contributed by atoms with E-state index in [1.807, 2.05) is 34.6 Å². The Hall–Kier alpha value is -1.06. The molecule has 0 radical (unpaired) electrons. The van der Waals surface area contributed by atoms with Gasteiger partial charge in [0.2, 0.25) is 0 Å². The first kappa shape index (κ1) is 20.9. The molecule has 0 heterocycles. The van der Waals surface area contributed by atoms with Crippen LogP contribution in [0.1, 0.15) is 80.1 Å². The summed E-state index contributed by atoms with van der Waals surface area (Å²) in [5, 5.41) is 0. The maximum Gasteiger partial charge on any atom is 0.309 e. The van der Waals surface area contributed by atoms with Gasteiger partial charge < -0.3 is 9.47 Å². The highest BCUT2D eigenvalue weighted by Gasteiger charge is 2.35. The molecule has 4 nitrogen and oxygen atoms in total. The van der Waals surface area contributed by atoms with Gasteiger partial charge in [0.1, 0.15) is 12.2 Å². The summed E-state index contributed by atoms with van der Waals surface area (Å²) in [7, 11) is 0. The van der Waals surface area contributed by atoms with E-state index in [2.05, 4.69) is 6.92 Å². The molecule has 0 aliphatic heterocycles. The van der Waals surface area contributed by atoms with E-state index in [-0.39, 0.29) is 30.4 Å². The van der Waals surface area contributed by atoms with E-state index in [0.717, 1.165) is 32.1 Å². The van der Waals surface area contributed by atoms with Crippen LogP contribution in [0, 0.1) is 11.8 Å². The third-order valence-electron chi connectivity index (χ3n) is 4.18. The Morgan fingerprint density at radius 2 is 1.68 bits per heavy atom. The summed E-state index contributed by atoms with van der Waals surface area (Å²) in [5.74, 6) is -0.463. The predicted octanol–water partition coefficient (Wildman–Crippen LogP) is 4.50. The molecular formula is C18H34O4. The van der Waals surface area contributed by atoms with Crippen LogP contribution in [0.4, 0.5) is 0 Å². The minimum Gasteiger partial charge on any atom is -0.461 e. The van der Waals surface area contributed by atoms with E-state index >= 15 is 0 Å². The first-order chi connectivity index (χ1) is 10.3. The highest BCUT2D eigenvalue weighted by Crippen LogP contribution is 2.24. The Morgan fingerprint density at radius 1 is 1.05 bits per heavy atom. The molecule has 0 aromatic rings. The molecule has 2 unspecified atom stereocenters. The topological polar surface area (TPSA) is 52.6 Å². The molecule has 0 amide bonds. The number of carbonyl (C=O) groups is 2. The van der Waals surface area contributed by atoms with Gasteiger partial charge in [-0.25, -0.2) is 0 Å². The van der Waals surface area contributed by atoms with Crippen LogP contribution in [0.5, 0.6) is 0 Å². The van der Waals surface area contributed by atoms with Gasteiger partial charge in [-0.15, -0.1) is 0 Å². The van der Waals surface area contributed by atoms with Crippen molar-refractivity contribution in [2.24, 2.45) is 11.8 Å². The summed E-state index contributed by atoms with van der Waals surface area (Å²) in [4.78, 5) is 23.9. The van der Waals surface area contributed by atoms with E-state index in [1.54, 1.807) is 0 Å². The van der Waals surface area contributed by atoms with Crippen LogP contribution in [0.25, 0.3) is 0 Å². The van der Waals surface area contributed by atoms with Gasteiger partial charge in [-0.05, 0) is 25.7 Å². The fourth-order valence-corrected chi connectivity index (χ4v) is 2.01. The standard InChI is InChI=1S/C18H34O4/c1-7-9-10-12-16(19)21-13-18(6,14(3)4)22-17(20)15(5)11-8-2/h14-15H,7-13H2,1-6H3. The van der Waals surface area contributed by atoms with Gasteiger partial charge >= 0.3 is 11.9 Å². The van der Waals surface area contributed by atoms with Crippen LogP contribution in [0.15, 0.2) is 0 Å². The Bertz CT molecular complexity index is 338. The van der Waals surface area contributed by atoms with Crippen molar-refractivity contribution < 1.29 is 19.1 Å². The van der Waals surface area contributed by atoms with Gasteiger partial charge in [0.25, 0.3) is 0 Å². The number of hydrogen-bond donors (Lipinski definition) is 0. The Kier molecular flexibility index (Phi) is 10.1. The number of esters is 2. The monoisotopic (exact) mass is 314 g/mol. The van der Waals surface area contributed by atoms with Crippen LogP contribution in [-0.4, -0.2) is 24.1 Å². The third kappa shape index (κ3) is 7.81. The quantitative estimate of drug-likeness (QED) is 0.416. The summed E-state index contributed by atoms with van der Waals surface area (Å²) >= 11 is 0. The van der Waals surface area contributed by atoms with Crippen molar-refractivity contribution in [2.75, 3.05) is 6.61 Å². The van der Waals surface area contributed by atoms with Crippen LogP contribution in [-0.2, 0) is 19.1 Å². The lowest BCUT2D eigenvalue weighted by molar-refractivity contribution is -0.180. The minimum absolute atomic E-state index is 0.0775. The van der Waals surface area contributed by atoms with Gasteiger partial charge in [0.05, 0.1) is 5.92 Å². The SMILES string of the molecule is CCCCCC(=O)OCC(C)(OC(=O)C(C)CCC)C(C)C. The average molecular weight is 314 g/mol. The van der Waals surface area contributed by atoms with E-state index in [0.29, 0.717) is 6.42 Å². The van der Waals surface area contributed by atoms with Gasteiger partial charge in [0, 0.05) is 6.42 Å². The Labute approximate surface area is 135 Å². The normalized spacial score (nSPS) is 15.2. The zero-order valence-electron chi connectivity index (χ0n) is 15.2. The van der Waals surface area contributed by atoms with Crippen molar-refractivity contribution >= 4 is 11.9 Å². The summed E-state index contributed by atoms with van der Waals surface area (Å²) in [5.41, 5.74) is -0.764. The lowest BCUT2D eigenvalue weighted by Crippen LogP contribution is -2.43. The van der Waals surface area contributed by atoms with Gasteiger partial charge in [-0.2, -0.15) is 0 Å². The van der Waals surface area contributed by atoms with Crippen LogP contribution >= 0.6 is 0 Å². The van der Waals surface area contributed by atoms with Crippen LogP contribution < -0.4 is 0 Å². The molecule has 0 aliphatic carbocycles. The van der Waals surface area contributed by atoms with Crippen molar-refractivity contribution in [2.45, 2.75) is 85.7 Å². The zero-order chi connectivity index (χ0) is 17.2. The Morgan fingerprint density at radius 3 is 2.18 bits per heavy atom. The number of unbranched alkanes of at least 4 members (excludes halogenated alkanes) is 2. The fourth-order valence-electron chi connectivity index (χ4n) is 2.01. The largest absolute Gasteiger partial charge is 0.461 e. The third-order valence-corrected chi connectivity index (χ3v) is 4.18. The number of rotatable bonds is 11. The lowest BCUT2D eigenvalue weighted by atomic mass is 9.92. The summed E-state index contributed by atoms with van der Waals surface area (Å²) in [6.07, 6.45) is 5.14. The number of hydrogen-bond acceptors (Lipinski definition) is 4. The first-order valence-electron chi connectivity index (χ1n) is 8.65. The molecule has 4 heteroatoms. The number of carbonyl (C=O) groups excluding carboxylic acids is 2. The van der Waals surface area contributed by atoms with Crippen molar-refractivity contribution in [1.82, 2.24) is 0 Å². The molecule has 0 aromatic carbocycles. The second-order valence-corrected chi connectivity index (χ2v) is 6.70. The molecule has 0 aliphatic rings. The molecule has 0 fully saturated rings. The average Bonchev–Trinajstić information content (AvgIpc) is 2.45. The van der Waals surface area contributed by atoms with Gasteiger partial charge in [-0.1, -0.05) is 53.9 Å². The first-order valence-corrected chi connectivity index (χ1v) is 8.65. The fraction of sp³-hybridized carbons (Fsp3) is 0.889. The van der Waals surface area contributed by atoms with E-state index in [4.69, 9.17) is 9.47 Å². The molecule has 0 saturated heterocycles. The zero-order valence-corrected chi connectivity index (χ0v) is 15.2. The lowest BCUT2D eigenvalue weighted by Gasteiger charge is -2.33. The molecule has 0 aromatic heterocycles. The Balaban J connectivity index is 4.49. The molecule has 130 valence electrons. The summed E-state index contributed by atoms with van der Waals surface area (Å²) in [6.45, 7) is 11.9. The molecule has 0 rings (SSSR count). The van der Waals surface area contributed by atoms with Crippen molar-refractivity contribution in [3.63, 3.8) is 0 Å². The van der Waals surface area contributed by atoms with Crippen molar-refractivity contribution in [3.05, 3.63) is 0 Å².